The Hall–Kier alpha value is -3.00. The normalized spacial score (nSPS) is 14.7. The highest BCUT2D eigenvalue weighted by atomic mass is 32.2. The summed E-state index contributed by atoms with van der Waals surface area (Å²) in [6, 6.07) is 14.5. The van der Waals surface area contributed by atoms with Crippen molar-refractivity contribution in [2.45, 2.75) is 39.0 Å². The standard InChI is InChI=1S/C19H21NO.CHNO4S/c1-13-10-14(2)12-16(11-13)20-19(21)18-9-5-7-15-6-3-4-8-17(15)18;3-2(4)1-7(5)6/h3-4,6,8,10-12,18H,5,7,9H2,1-2H3,(H,20,21);1H. The number of amides is 1. The molecule has 2 aromatic rings. The number of fused-ring (bicyclic) bond motifs is 1. The highest BCUT2D eigenvalue weighted by Gasteiger charge is 2.26. The molecule has 1 aliphatic carbocycles. The van der Waals surface area contributed by atoms with E-state index >= 15 is 0 Å². The van der Waals surface area contributed by atoms with Gasteiger partial charge in [-0.2, -0.15) is 8.42 Å². The first-order valence-electron chi connectivity index (χ1n) is 8.80. The van der Waals surface area contributed by atoms with Gasteiger partial charge in [0.2, 0.25) is 5.91 Å². The SMILES string of the molecule is Cc1cc(C)cc(NC(=O)C2CCCc3ccccc32)c1.O=[N+]([O-])C=S(=O)=O. The van der Waals surface area contributed by atoms with Gasteiger partial charge in [-0.25, -0.2) is 0 Å². The predicted molar refractivity (Wildman–Crippen MR) is 109 cm³/mol. The number of benzene rings is 2. The summed E-state index contributed by atoms with van der Waals surface area (Å²) in [5.74, 6) is 0.0999. The van der Waals surface area contributed by atoms with Gasteiger partial charge in [-0.3, -0.25) is 14.9 Å². The van der Waals surface area contributed by atoms with Crippen molar-refractivity contribution in [3.63, 3.8) is 0 Å². The van der Waals surface area contributed by atoms with Gasteiger partial charge >= 0.3 is 5.49 Å². The zero-order chi connectivity index (χ0) is 20.7. The van der Waals surface area contributed by atoms with E-state index in [1.165, 1.54) is 22.3 Å². The van der Waals surface area contributed by atoms with Crippen molar-refractivity contribution in [2.75, 3.05) is 5.32 Å². The van der Waals surface area contributed by atoms with Crippen LogP contribution in [0.4, 0.5) is 5.69 Å². The molecule has 0 fully saturated rings. The van der Waals surface area contributed by atoms with Crippen molar-refractivity contribution in [3.05, 3.63) is 74.8 Å². The van der Waals surface area contributed by atoms with E-state index in [-0.39, 0.29) is 17.3 Å². The minimum absolute atomic E-state index is 0.0178. The van der Waals surface area contributed by atoms with E-state index in [0.29, 0.717) is 0 Å². The molecule has 7 nitrogen and oxygen atoms in total. The monoisotopic (exact) mass is 402 g/mol. The second-order valence-electron chi connectivity index (χ2n) is 6.66. The highest BCUT2D eigenvalue weighted by molar-refractivity contribution is 7.71. The zero-order valence-electron chi connectivity index (χ0n) is 15.7. The molecular formula is C20H22N2O5S. The summed E-state index contributed by atoms with van der Waals surface area (Å²) in [7, 11) is -2.67. The van der Waals surface area contributed by atoms with Crippen molar-refractivity contribution < 1.29 is 18.1 Å². The third kappa shape index (κ3) is 6.31. The van der Waals surface area contributed by atoms with Gasteiger partial charge < -0.3 is 5.32 Å². The molecule has 28 heavy (non-hydrogen) atoms. The van der Waals surface area contributed by atoms with Gasteiger partial charge in [0, 0.05) is 5.69 Å². The van der Waals surface area contributed by atoms with E-state index in [1.807, 2.05) is 18.2 Å². The Balaban J connectivity index is 0.000000345. The van der Waals surface area contributed by atoms with Crippen LogP contribution in [0.1, 0.15) is 41.0 Å². The molecule has 148 valence electrons. The van der Waals surface area contributed by atoms with Crippen LogP contribution in [0.5, 0.6) is 0 Å². The number of carbonyl (C=O) groups is 1. The fourth-order valence-electron chi connectivity index (χ4n) is 3.37. The van der Waals surface area contributed by atoms with E-state index in [1.54, 1.807) is 0 Å². The molecule has 1 aliphatic rings. The fourth-order valence-corrected chi connectivity index (χ4v) is 3.51. The first-order valence-corrected chi connectivity index (χ1v) is 9.93. The lowest BCUT2D eigenvalue weighted by molar-refractivity contribution is -0.334. The molecule has 0 spiro atoms. The third-order valence-corrected chi connectivity index (χ3v) is 4.69. The molecular weight excluding hydrogens is 380 g/mol. The minimum atomic E-state index is -2.67. The number of anilines is 1. The Labute approximate surface area is 165 Å². The third-order valence-electron chi connectivity index (χ3n) is 4.35. The molecule has 0 saturated heterocycles. The number of nitro groups is 1. The quantitative estimate of drug-likeness (QED) is 0.482. The number of hydrogen-bond acceptors (Lipinski definition) is 5. The second kappa shape index (κ2) is 9.80. The van der Waals surface area contributed by atoms with Crippen molar-refractivity contribution in [1.29, 1.82) is 0 Å². The molecule has 1 atom stereocenters. The van der Waals surface area contributed by atoms with E-state index in [2.05, 4.69) is 43.4 Å². The molecule has 0 radical (unpaired) electrons. The smallest absolute Gasteiger partial charge is 0.326 e. The lowest BCUT2D eigenvalue weighted by Crippen LogP contribution is -2.24. The van der Waals surface area contributed by atoms with Crippen LogP contribution >= 0.6 is 0 Å². The molecule has 1 N–H and O–H groups in total. The van der Waals surface area contributed by atoms with Crippen LogP contribution in [0, 0.1) is 24.0 Å². The van der Waals surface area contributed by atoms with Crippen LogP contribution < -0.4 is 5.32 Å². The lowest BCUT2D eigenvalue weighted by Gasteiger charge is -2.24. The van der Waals surface area contributed by atoms with Gasteiger partial charge in [-0.15, -0.1) is 0 Å². The average Bonchev–Trinajstić information content (AvgIpc) is 2.59. The van der Waals surface area contributed by atoms with Crippen LogP contribution in [0.3, 0.4) is 0 Å². The summed E-state index contributed by atoms with van der Waals surface area (Å²) in [4.78, 5) is 20.8. The molecule has 1 amide bonds. The largest absolute Gasteiger partial charge is 0.351 e. The topological polar surface area (TPSA) is 106 Å². The minimum Gasteiger partial charge on any atom is -0.326 e. The summed E-state index contributed by atoms with van der Waals surface area (Å²) >= 11 is 0. The zero-order valence-corrected chi connectivity index (χ0v) is 16.5. The number of nitrogens with one attached hydrogen (secondary N) is 1. The van der Waals surface area contributed by atoms with Crippen molar-refractivity contribution >= 4 is 27.4 Å². The van der Waals surface area contributed by atoms with Gasteiger partial charge in [-0.05, 0) is 67.5 Å². The molecule has 0 aromatic heterocycles. The van der Waals surface area contributed by atoms with Crippen LogP contribution in [0.2, 0.25) is 0 Å². The molecule has 8 heteroatoms. The Bertz CT molecular complexity index is 987. The molecule has 0 saturated carbocycles. The summed E-state index contributed by atoms with van der Waals surface area (Å²) in [6.45, 7) is 4.11. The predicted octanol–water partition coefficient (Wildman–Crippen LogP) is 3.26. The van der Waals surface area contributed by atoms with Gasteiger partial charge in [0.15, 0.2) is 0 Å². The Morgan fingerprint density at radius 3 is 2.39 bits per heavy atom. The number of nitrogens with zero attached hydrogens (tertiary/aromatic N) is 1. The number of hydrogen-bond donors (Lipinski definition) is 1. The Morgan fingerprint density at radius 1 is 1.18 bits per heavy atom. The van der Waals surface area contributed by atoms with Gasteiger partial charge in [-0.1, -0.05) is 30.3 Å². The van der Waals surface area contributed by atoms with Crippen LogP contribution in [0.25, 0.3) is 0 Å². The second-order valence-corrected chi connectivity index (χ2v) is 7.39. The Kier molecular flexibility index (Phi) is 7.45. The van der Waals surface area contributed by atoms with Gasteiger partial charge in [0.25, 0.3) is 10.3 Å². The maximum atomic E-state index is 12.6. The summed E-state index contributed by atoms with van der Waals surface area (Å²) in [6.07, 6.45) is 3.11. The van der Waals surface area contributed by atoms with Crippen LogP contribution in [0.15, 0.2) is 42.5 Å². The summed E-state index contributed by atoms with van der Waals surface area (Å²) in [5, 5.41) is 12.3. The maximum absolute atomic E-state index is 12.6. The number of rotatable bonds is 3. The van der Waals surface area contributed by atoms with E-state index < -0.39 is 15.2 Å². The summed E-state index contributed by atoms with van der Waals surface area (Å²) in [5.41, 5.74) is 5.75. The first kappa shape index (κ1) is 21.3. The van der Waals surface area contributed by atoms with Gasteiger partial charge in [0.1, 0.15) is 0 Å². The van der Waals surface area contributed by atoms with Crippen LogP contribution in [-0.2, 0) is 21.5 Å². The van der Waals surface area contributed by atoms with Crippen molar-refractivity contribution in [1.82, 2.24) is 0 Å². The first-order chi connectivity index (χ1) is 13.3. The molecule has 0 aliphatic heterocycles. The van der Waals surface area contributed by atoms with Crippen LogP contribution in [-0.4, -0.2) is 24.7 Å². The molecule has 0 heterocycles. The molecule has 2 aromatic carbocycles. The maximum Gasteiger partial charge on any atom is 0.351 e. The van der Waals surface area contributed by atoms with E-state index in [4.69, 9.17) is 10.1 Å². The number of carbonyl (C=O) groups excluding carboxylic acids is 1. The molecule has 0 bridgehead atoms. The molecule has 3 rings (SSSR count). The number of aryl methyl sites for hydroxylation is 3. The summed E-state index contributed by atoms with van der Waals surface area (Å²) < 4.78 is 18.6. The van der Waals surface area contributed by atoms with E-state index in [0.717, 1.165) is 24.9 Å². The van der Waals surface area contributed by atoms with E-state index in [9.17, 15) is 13.2 Å². The van der Waals surface area contributed by atoms with Gasteiger partial charge in [0.05, 0.1) is 10.8 Å². The lowest BCUT2D eigenvalue weighted by atomic mass is 9.82. The highest BCUT2D eigenvalue weighted by Crippen LogP contribution is 2.32. The van der Waals surface area contributed by atoms with Crippen molar-refractivity contribution in [3.8, 4) is 0 Å². The fraction of sp³-hybridized carbons (Fsp3) is 0.300. The average molecular weight is 402 g/mol. The Morgan fingerprint density at radius 2 is 1.82 bits per heavy atom. The van der Waals surface area contributed by atoms with Crippen molar-refractivity contribution in [2.24, 2.45) is 0 Å². The molecule has 1 unspecified atom stereocenters.